The highest BCUT2D eigenvalue weighted by Crippen LogP contribution is 2.35. The number of nitrogens with zero attached hydrogens (tertiary/aromatic N) is 1. The van der Waals surface area contributed by atoms with Crippen molar-refractivity contribution in [2.45, 2.75) is 19.4 Å². The largest absolute Gasteiger partial charge is 0.497 e. The first-order valence-corrected chi connectivity index (χ1v) is 8.23. The van der Waals surface area contributed by atoms with E-state index in [1.807, 2.05) is 31.2 Å². The lowest BCUT2D eigenvalue weighted by atomic mass is 10.1. The number of rotatable bonds is 5. The standard InChI is InChI=1S/C16H17NO4S2/c1-4-12(15(19)21-3)17-14(18)13(23-16(17)22)9-10-5-7-11(20-2)8-6-10/h5-9,12H,4H2,1-3H3/b13-9+/t12-/m0/s1. The number of thiocarbonyl (C=S) groups is 1. The maximum atomic E-state index is 12.6. The molecule has 1 amide bonds. The molecule has 122 valence electrons. The van der Waals surface area contributed by atoms with Gasteiger partial charge in [-0.05, 0) is 30.2 Å². The van der Waals surface area contributed by atoms with Gasteiger partial charge in [0.05, 0.1) is 19.1 Å². The zero-order valence-electron chi connectivity index (χ0n) is 13.1. The van der Waals surface area contributed by atoms with Crippen molar-refractivity contribution in [3.63, 3.8) is 0 Å². The average Bonchev–Trinajstić information content (AvgIpc) is 2.83. The Labute approximate surface area is 144 Å². The molecule has 0 spiro atoms. The first-order valence-electron chi connectivity index (χ1n) is 7.00. The van der Waals surface area contributed by atoms with E-state index in [9.17, 15) is 9.59 Å². The molecule has 1 heterocycles. The highest BCUT2D eigenvalue weighted by Gasteiger charge is 2.40. The van der Waals surface area contributed by atoms with Crippen molar-refractivity contribution >= 4 is 46.3 Å². The fraction of sp³-hybridized carbons (Fsp3) is 0.312. The summed E-state index contributed by atoms with van der Waals surface area (Å²) in [6.45, 7) is 1.81. The summed E-state index contributed by atoms with van der Waals surface area (Å²) in [5.41, 5.74) is 0.859. The van der Waals surface area contributed by atoms with E-state index < -0.39 is 12.0 Å². The molecule has 0 saturated carbocycles. The van der Waals surface area contributed by atoms with Crippen LogP contribution in [0.3, 0.4) is 0 Å². The van der Waals surface area contributed by atoms with Gasteiger partial charge in [0.1, 0.15) is 16.1 Å². The third-order valence-corrected chi connectivity index (χ3v) is 4.74. The maximum absolute atomic E-state index is 12.6. The zero-order chi connectivity index (χ0) is 17.0. The third kappa shape index (κ3) is 3.73. The fourth-order valence-corrected chi connectivity index (χ4v) is 3.55. The van der Waals surface area contributed by atoms with Gasteiger partial charge in [-0.2, -0.15) is 0 Å². The average molecular weight is 351 g/mol. The van der Waals surface area contributed by atoms with Gasteiger partial charge in [-0.1, -0.05) is 43.0 Å². The molecular weight excluding hydrogens is 334 g/mol. The van der Waals surface area contributed by atoms with Crippen LogP contribution in [-0.2, 0) is 14.3 Å². The van der Waals surface area contributed by atoms with E-state index in [2.05, 4.69) is 0 Å². The molecular formula is C16H17NO4S2. The number of hydrogen-bond donors (Lipinski definition) is 0. The van der Waals surface area contributed by atoms with Crippen molar-refractivity contribution in [1.82, 2.24) is 4.90 Å². The topological polar surface area (TPSA) is 55.8 Å². The van der Waals surface area contributed by atoms with Crippen LogP contribution in [0.15, 0.2) is 29.2 Å². The van der Waals surface area contributed by atoms with Gasteiger partial charge in [0.25, 0.3) is 5.91 Å². The van der Waals surface area contributed by atoms with Gasteiger partial charge in [0.15, 0.2) is 0 Å². The number of amides is 1. The van der Waals surface area contributed by atoms with Crippen molar-refractivity contribution in [2.24, 2.45) is 0 Å². The molecule has 1 fully saturated rings. The second kappa shape index (κ2) is 7.61. The van der Waals surface area contributed by atoms with Crippen LogP contribution in [0.1, 0.15) is 18.9 Å². The van der Waals surface area contributed by atoms with E-state index in [1.165, 1.54) is 23.8 Å². The van der Waals surface area contributed by atoms with Crippen LogP contribution < -0.4 is 4.74 Å². The van der Waals surface area contributed by atoms with Gasteiger partial charge in [-0.15, -0.1) is 0 Å². The van der Waals surface area contributed by atoms with Crippen LogP contribution in [-0.4, -0.2) is 41.4 Å². The number of ether oxygens (including phenoxy) is 2. The van der Waals surface area contributed by atoms with Crippen LogP contribution in [0.2, 0.25) is 0 Å². The molecule has 1 aliphatic heterocycles. The van der Waals surface area contributed by atoms with Gasteiger partial charge in [-0.25, -0.2) is 4.79 Å². The first kappa shape index (κ1) is 17.5. The Hall–Kier alpha value is -1.86. The second-order valence-corrected chi connectivity index (χ2v) is 6.45. The minimum Gasteiger partial charge on any atom is -0.497 e. The summed E-state index contributed by atoms with van der Waals surface area (Å²) in [4.78, 5) is 26.2. The van der Waals surface area contributed by atoms with E-state index in [1.54, 1.807) is 13.2 Å². The van der Waals surface area contributed by atoms with Crippen LogP contribution >= 0.6 is 24.0 Å². The van der Waals surface area contributed by atoms with Gasteiger partial charge in [0, 0.05) is 0 Å². The van der Waals surface area contributed by atoms with Crippen molar-refractivity contribution in [3.05, 3.63) is 34.7 Å². The molecule has 0 unspecified atom stereocenters. The third-order valence-electron chi connectivity index (χ3n) is 3.41. The molecule has 1 aromatic carbocycles. The SMILES string of the molecule is CC[C@@H](C(=O)OC)N1C(=O)/C(=C\c2ccc(OC)cc2)SC1=S. The number of thioether (sulfide) groups is 1. The highest BCUT2D eigenvalue weighted by atomic mass is 32.2. The van der Waals surface area contributed by atoms with Crippen LogP contribution in [0.5, 0.6) is 5.75 Å². The van der Waals surface area contributed by atoms with Gasteiger partial charge < -0.3 is 9.47 Å². The second-order valence-electron chi connectivity index (χ2n) is 4.77. The van der Waals surface area contributed by atoms with E-state index in [0.717, 1.165) is 11.3 Å². The predicted octanol–water partition coefficient (Wildman–Crippen LogP) is 2.85. The monoisotopic (exact) mass is 351 g/mol. The summed E-state index contributed by atoms with van der Waals surface area (Å²) >= 11 is 6.45. The Morgan fingerprint density at radius 1 is 1.35 bits per heavy atom. The fourth-order valence-electron chi connectivity index (χ4n) is 2.19. The summed E-state index contributed by atoms with van der Waals surface area (Å²) in [6, 6.07) is 6.65. The summed E-state index contributed by atoms with van der Waals surface area (Å²) in [5.74, 6) is 0.00834. The zero-order valence-corrected chi connectivity index (χ0v) is 14.7. The molecule has 5 nitrogen and oxygen atoms in total. The van der Waals surface area contributed by atoms with Crippen molar-refractivity contribution < 1.29 is 19.1 Å². The summed E-state index contributed by atoms with van der Waals surface area (Å²) in [5, 5.41) is 0. The van der Waals surface area contributed by atoms with E-state index in [0.29, 0.717) is 15.6 Å². The summed E-state index contributed by atoms with van der Waals surface area (Å²) in [7, 11) is 2.90. The molecule has 1 atom stereocenters. The molecule has 0 bridgehead atoms. The maximum Gasteiger partial charge on any atom is 0.329 e. The number of carbonyl (C=O) groups is 2. The summed E-state index contributed by atoms with van der Waals surface area (Å²) in [6.07, 6.45) is 2.19. The van der Waals surface area contributed by atoms with E-state index >= 15 is 0 Å². The van der Waals surface area contributed by atoms with Gasteiger partial charge in [-0.3, -0.25) is 9.69 Å². The Morgan fingerprint density at radius 2 is 2.00 bits per heavy atom. The first-order chi connectivity index (χ1) is 11.0. The summed E-state index contributed by atoms with van der Waals surface area (Å²) < 4.78 is 10.2. The van der Waals surface area contributed by atoms with Crippen LogP contribution in [0.4, 0.5) is 0 Å². The van der Waals surface area contributed by atoms with Crippen LogP contribution in [0, 0.1) is 0 Å². The van der Waals surface area contributed by atoms with Crippen molar-refractivity contribution in [1.29, 1.82) is 0 Å². The Bertz CT molecular complexity index is 655. The molecule has 2 rings (SSSR count). The number of carbonyl (C=O) groups excluding carboxylic acids is 2. The lowest BCUT2D eigenvalue weighted by molar-refractivity contribution is -0.148. The molecule has 0 aromatic heterocycles. The molecule has 1 saturated heterocycles. The molecule has 7 heteroatoms. The quantitative estimate of drug-likeness (QED) is 0.462. The van der Waals surface area contributed by atoms with Crippen molar-refractivity contribution in [3.8, 4) is 5.75 Å². The lowest BCUT2D eigenvalue weighted by Crippen LogP contribution is -2.44. The van der Waals surface area contributed by atoms with E-state index in [-0.39, 0.29) is 5.91 Å². The van der Waals surface area contributed by atoms with Crippen molar-refractivity contribution in [2.75, 3.05) is 14.2 Å². The minimum atomic E-state index is -0.686. The lowest BCUT2D eigenvalue weighted by Gasteiger charge is -2.23. The minimum absolute atomic E-state index is 0.270. The Kier molecular flexibility index (Phi) is 5.79. The number of esters is 1. The van der Waals surface area contributed by atoms with Gasteiger partial charge >= 0.3 is 5.97 Å². The number of hydrogen-bond acceptors (Lipinski definition) is 6. The number of benzene rings is 1. The molecule has 0 N–H and O–H groups in total. The molecule has 23 heavy (non-hydrogen) atoms. The predicted molar refractivity (Wildman–Crippen MR) is 94.1 cm³/mol. The normalized spacial score (nSPS) is 17.5. The van der Waals surface area contributed by atoms with Gasteiger partial charge in [0.2, 0.25) is 0 Å². The molecule has 1 aromatic rings. The Morgan fingerprint density at radius 3 is 2.52 bits per heavy atom. The molecule has 0 aliphatic carbocycles. The highest BCUT2D eigenvalue weighted by molar-refractivity contribution is 8.26. The van der Waals surface area contributed by atoms with E-state index in [4.69, 9.17) is 21.7 Å². The molecule has 0 radical (unpaired) electrons. The van der Waals surface area contributed by atoms with Crippen LogP contribution in [0.25, 0.3) is 6.08 Å². The smallest absolute Gasteiger partial charge is 0.329 e. The Balaban J connectivity index is 2.26. The molecule has 1 aliphatic rings. The number of methoxy groups -OCH3 is 2.